The second kappa shape index (κ2) is 7.62. The van der Waals surface area contributed by atoms with Crippen LogP contribution in [0.2, 0.25) is 0 Å². The van der Waals surface area contributed by atoms with Crippen molar-refractivity contribution in [2.75, 3.05) is 7.11 Å². The molecule has 0 bridgehead atoms. The SMILES string of the molecule is COc1ccc(Br)c(CNC(C)Cc2ccccc2C)c1. The summed E-state index contributed by atoms with van der Waals surface area (Å²) in [5.41, 5.74) is 3.97. The van der Waals surface area contributed by atoms with Gasteiger partial charge in [-0.25, -0.2) is 0 Å². The molecule has 2 aromatic carbocycles. The Morgan fingerprint density at radius 1 is 1.14 bits per heavy atom. The summed E-state index contributed by atoms with van der Waals surface area (Å²) in [5.74, 6) is 0.890. The molecular formula is C18H22BrNO. The van der Waals surface area contributed by atoms with Crippen molar-refractivity contribution in [3.05, 3.63) is 63.6 Å². The molecule has 2 aromatic rings. The first-order chi connectivity index (χ1) is 10.1. The number of hydrogen-bond donors (Lipinski definition) is 1. The van der Waals surface area contributed by atoms with E-state index < -0.39 is 0 Å². The summed E-state index contributed by atoms with van der Waals surface area (Å²) in [5, 5.41) is 3.58. The highest BCUT2D eigenvalue weighted by Gasteiger charge is 2.07. The average Bonchev–Trinajstić information content (AvgIpc) is 2.49. The van der Waals surface area contributed by atoms with E-state index in [2.05, 4.69) is 65.4 Å². The van der Waals surface area contributed by atoms with Crippen molar-refractivity contribution in [1.29, 1.82) is 0 Å². The number of benzene rings is 2. The van der Waals surface area contributed by atoms with Gasteiger partial charge in [0.25, 0.3) is 0 Å². The lowest BCUT2D eigenvalue weighted by Crippen LogP contribution is -2.28. The Kier molecular flexibility index (Phi) is 5.83. The van der Waals surface area contributed by atoms with Crippen LogP contribution in [0.15, 0.2) is 46.9 Å². The average molecular weight is 348 g/mol. The van der Waals surface area contributed by atoms with Gasteiger partial charge in [0.2, 0.25) is 0 Å². The smallest absolute Gasteiger partial charge is 0.119 e. The Morgan fingerprint density at radius 3 is 2.62 bits per heavy atom. The Hall–Kier alpha value is -1.32. The predicted octanol–water partition coefficient (Wildman–Crippen LogP) is 4.49. The van der Waals surface area contributed by atoms with Gasteiger partial charge in [0.15, 0.2) is 0 Å². The van der Waals surface area contributed by atoms with E-state index >= 15 is 0 Å². The maximum Gasteiger partial charge on any atom is 0.119 e. The first-order valence-electron chi connectivity index (χ1n) is 7.20. The van der Waals surface area contributed by atoms with E-state index in [4.69, 9.17) is 4.74 Å². The highest BCUT2D eigenvalue weighted by atomic mass is 79.9. The number of aryl methyl sites for hydroxylation is 1. The van der Waals surface area contributed by atoms with Crippen LogP contribution in [0.3, 0.4) is 0 Å². The Balaban J connectivity index is 1.95. The number of nitrogens with one attached hydrogen (secondary N) is 1. The van der Waals surface area contributed by atoms with Gasteiger partial charge < -0.3 is 10.1 Å². The van der Waals surface area contributed by atoms with Crippen molar-refractivity contribution in [3.8, 4) is 5.75 Å². The standard InChI is InChI=1S/C18H22BrNO/c1-13-6-4-5-7-15(13)10-14(2)20-12-16-11-17(21-3)8-9-18(16)19/h4-9,11,14,20H,10,12H2,1-3H3. The number of ether oxygens (including phenoxy) is 1. The van der Waals surface area contributed by atoms with Crippen molar-refractivity contribution in [2.45, 2.75) is 32.9 Å². The minimum atomic E-state index is 0.421. The van der Waals surface area contributed by atoms with E-state index in [9.17, 15) is 0 Å². The molecule has 0 radical (unpaired) electrons. The molecule has 0 spiro atoms. The van der Waals surface area contributed by atoms with Gasteiger partial charge in [0, 0.05) is 17.1 Å². The van der Waals surface area contributed by atoms with E-state index in [1.54, 1.807) is 7.11 Å². The van der Waals surface area contributed by atoms with Crippen LogP contribution in [0, 0.1) is 6.92 Å². The molecule has 2 nitrogen and oxygen atoms in total. The lowest BCUT2D eigenvalue weighted by molar-refractivity contribution is 0.413. The van der Waals surface area contributed by atoms with Crippen LogP contribution in [0.1, 0.15) is 23.6 Å². The monoisotopic (exact) mass is 347 g/mol. The third-order valence-electron chi connectivity index (χ3n) is 3.68. The molecule has 3 heteroatoms. The summed E-state index contributed by atoms with van der Waals surface area (Å²) in [6, 6.07) is 15.0. The van der Waals surface area contributed by atoms with E-state index in [-0.39, 0.29) is 0 Å². The maximum atomic E-state index is 5.28. The molecule has 0 saturated heterocycles. The van der Waals surface area contributed by atoms with Gasteiger partial charge in [-0.2, -0.15) is 0 Å². The molecule has 0 aromatic heterocycles. The van der Waals surface area contributed by atoms with Crippen LogP contribution in [0.4, 0.5) is 0 Å². The molecule has 0 amide bonds. The maximum absolute atomic E-state index is 5.28. The summed E-state index contributed by atoms with van der Waals surface area (Å²) in [6.07, 6.45) is 1.04. The van der Waals surface area contributed by atoms with Crippen LogP contribution in [-0.2, 0) is 13.0 Å². The largest absolute Gasteiger partial charge is 0.497 e. The lowest BCUT2D eigenvalue weighted by Gasteiger charge is -2.16. The molecule has 0 saturated carbocycles. The number of hydrogen-bond acceptors (Lipinski definition) is 2. The van der Waals surface area contributed by atoms with Crippen molar-refractivity contribution < 1.29 is 4.74 Å². The third-order valence-corrected chi connectivity index (χ3v) is 4.45. The second-order valence-corrected chi connectivity index (χ2v) is 6.22. The third kappa shape index (κ3) is 4.58. The fraction of sp³-hybridized carbons (Fsp3) is 0.333. The normalized spacial score (nSPS) is 12.2. The number of methoxy groups -OCH3 is 1. The molecular weight excluding hydrogens is 326 g/mol. The van der Waals surface area contributed by atoms with Gasteiger partial charge in [-0.15, -0.1) is 0 Å². The highest BCUT2D eigenvalue weighted by molar-refractivity contribution is 9.10. The molecule has 1 unspecified atom stereocenters. The summed E-state index contributed by atoms with van der Waals surface area (Å²) >= 11 is 3.59. The fourth-order valence-electron chi connectivity index (χ4n) is 2.34. The Bertz CT molecular complexity index is 598. The van der Waals surface area contributed by atoms with Crippen LogP contribution in [-0.4, -0.2) is 13.2 Å². The van der Waals surface area contributed by atoms with Crippen molar-refractivity contribution in [1.82, 2.24) is 5.32 Å². The van der Waals surface area contributed by atoms with Gasteiger partial charge in [-0.05, 0) is 55.2 Å². The lowest BCUT2D eigenvalue weighted by atomic mass is 10.0. The second-order valence-electron chi connectivity index (χ2n) is 5.37. The zero-order valence-electron chi connectivity index (χ0n) is 12.8. The molecule has 0 heterocycles. The van der Waals surface area contributed by atoms with Crippen molar-refractivity contribution in [3.63, 3.8) is 0 Å². The molecule has 0 aliphatic rings. The molecule has 112 valence electrons. The van der Waals surface area contributed by atoms with Gasteiger partial charge in [0.1, 0.15) is 5.75 Å². The Morgan fingerprint density at radius 2 is 1.90 bits per heavy atom. The van der Waals surface area contributed by atoms with Crippen molar-refractivity contribution >= 4 is 15.9 Å². The van der Waals surface area contributed by atoms with E-state index in [1.807, 2.05) is 12.1 Å². The van der Waals surface area contributed by atoms with Gasteiger partial charge in [0.05, 0.1) is 7.11 Å². The van der Waals surface area contributed by atoms with Crippen LogP contribution in [0.5, 0.6) is 5.75 Å². The molecule has 0 fully saturated rings. The van der Waals surface area contributed by atoms with Crippen LogP contribution < -0.4 is 10.1 Å². The molecule has 0 aliphatic heterocycles. The van der Waals surface area contributed by atoms with E-state index in [1.165, 1.54) is 16.7 Å². The molecule has 0 aliphatic carbocycles. The van der Waals surface area contributed by atoms with E-state index in [0.717, 1.165) is 23.2 Å². The topological polar surface area (TPSA) is 21.3 Å². The zero-order valence-corrected chi connectivity index (χ0v) is 14.4. The molecule has 2 rings (SSSR count). The van der Waals surface area contributed by atoms with Crippen LogP contribution in [0.25, 0.3) is 0 Å². The van der Waals surface area contributed by atoms with Gasteiger partial charge in [-0.3, -0.25) is 0 Å². The molecule has 21 heavy (non-hydrogen) atoms. The zero-order chi connectivity index (χ0) is 15.2. The number of rotatable bonds is 6. The molecule has 1 atom stereocenters. The summed E-state index contributed by atoms with van der Waals surface area (Å²) in [6.45, 7) is 5.21. The highest BCUT2D eigenvalue weighted by Crippen LogP contribution is 2.22. The van der Waals surface area contributed by atoms with Crippen LogP contribution >= 0.6 is 15.9 Å². The van der Waals surface area contributed by atoms with Gasteiger partial charge >= 0.3 is 0 Å². The quantitative estimate of drug-likeness (QED) is 0.831. The summed E-state index contributed by atoms with van der Waals surface area (Å²) in [7, 11) is 1.70. The number of halogens is 1. The first kappa shape index (κ1) is 16.1. The molecule has 1 N–H and O–H groups in total. The summed E-state index contributed by atoms with van der Waals surface area (Å²) in [4.78, 5) is 0. The minimum absolute atomic E-state index is 0.421. The Labute approximate surface area is 135 Å². The van der Waals surface area contributed by atoms with Gasteiger partial charge in [-0.1, -0.05) is 40.2 Å². The van der Waals surface area contributed by atoms with Crippen molar-refractivity contribution in [2.24, 2.45) is 0 Å². The summed E-state index contributed by atoms with van der Waals surface area (Å²) < 4.78 is 6.39. The first-order valence-corrected chi connectivity index (χ1v) is 7.99. The fourth-order valence-corrected chi connectivity index (χ4v) is 2.73. The minimum Gasteiger partial charge on any atom is -0.497 e. The van der Waals surface area contributed by atoms with E-state index in [0.29, 0.717) is 6.04 Å². The predicted molar refractivity (Wildman–Crippen MR) is 91.9 cm³/mol.